The van der Waals surface area contributed by atoms with Crippen molar-refractivity contribution in [1.82, 2.24) is 14.7 Å². The third-order valence-electron chi connectivity index (χ3n) is 5.07. The molecule has 148 valence electrons. The minimum atomic E-state index is -1.10. The number of hydrogen-bond donors (Lipinski definition) is 0. The van der Waals surface area contributed by atoms with Gasteiger partial charge in [0, 0.05) is 6.42 Å². The van der Waals surface area contributed by atoms with Gasteiger partial charge >= 0.3 is 5.97 Å². The number of esters is 1. The summed E-state index contributed by atoms with van der Waals surface area (Å²) in [7, 11) is 3.39. The third-order valence-corrected chi connectivity index (χ3v) is 5.07. The molecule has 2 atom stereocenters. The molecule has 28 heavy (non-hydrogen) atoms. The minimum Gasteiger partial charge on any atom is -0.443 e. The normalized spacial score (nSPS) is 20.6. The molecular formula is C19H21N3O6. The van der Waals surface area contributed by atoms with Gasteiger partial charge in [0.05, 0.1) is 11.1 Å². The number of likely N-dealkylation sites (N-methyl/N-ethyl adjacent to an activating group) is 1. The number of piperidine rings is 1. The number of hydrogen-bond acceptors (Lipinski definition) is 7. The topological polar surface area (TPSA) is 104 Å². The fraction of sp³-hybridized carbons (Fsp3) is 0.421. The second-order valence-electron chi connectivity index (χ2n) is 6.97. The van der Waals surface area contributed by atoms with E-state index in [2.05, 4.69) is 0 Å². The molecule has 2 aliphatic rings. The van der Waals surface area contributed by atoms with Crippen LogP contribution < -0.4 is 0 Å². The zero-order valence-electron chi connectivity index (χ0n) is 15.9. The fourth-order valence-electron chi connectivity index (χ4n) is 3.15. The Hall–Kier alpha value is -3.07. The van der Waals surface area contributed by atoms with E-state index >= 15 is 0 Å². The molecule has 0 N–H and O–H groups in total. The van der Waals surface area contributed by atoms with Gasteiger partial charge < -0.3 is 4.74 Å². The standard InChI is InChI=1S/C19H21N3O6/c1-11(20(2)3)19(27)28-10-21-15(23)9-8-14(18(21)26)22-16(24)12-6-4-5-7-13(12)17(22)25/h4-7,11,14H,8-10H2,1-3H3/t11?,14-/m0/s1. The van der Waals surface area contributed by atoms with Gasteiger partial charge in [-0.15, -0.1) is 0 Å². The monoisotopic (exact) mass is 387 g/mol. The first kappa shape index (κ1) is 19.7. The summed E-state index contributed by atoms with van der Waals surface area (Å²) in [6, 6.07) is 4.67. The lowest BCUT2D eigenvalue weighted by atomic mass is 10.0. The Bertz CT molecular complexity index is 830. The molecule has 1 saturated heterocycles. The Balaban J connectivity index is 1.76. The summed E-state index contributed by atoms with van der Waals surface area (Å²) in [5, 5.41) is 0. The highest BCUT2D eigenvalue weighted by Crippen LogP contribution is 2.28. The summed E-state index contributed by atoms with van der Waals surface area (Å²) >= 11 is 0. The van der Waals surface area contributed by atoms with Crippen molar-refractivity contribution < 1.29 is 28.7 Å². The number of carbonyl (C=O) groups is 5. The van der Waals surface area contributed by atoms with Crippen molar-refractivity contribution in [2.24, 2.45) is 0 Å². The van der Waals surface area contributed by atoms with Gasteiger partial charge in [0.1, 0.15) is 12.1 Å². The highest BCUT2D eigenvalue weighted by atomic mass is 16.5. The van der Waals surface area contributed by atoms with Crippen LogP contribution in [-0.4, -0.2) is 77.2 Å². The minimum absolute atomic E-state index is 0.0371. The maximum absolute atomic E-state index is 12.8. The molecule has 0 saturated carbocycles. The molecule has 1 fully saturated rings. The van der Waals surface area contributed by atoms with Crippen LogP contribution >= 0.6 is 0 Å². The Kier molecular flexibility index (Phi) is 5.28. The van der Waals surface area contributed by atoms with Crippen LogP contribution in [0.25, 0.3) is 0 Å². The summed E-state index contributed by atoms with van der Waals surface area (Å²) in [6.07, 6.45) is 0.00623. The number of nitrogens with zero attached hydrogens (tertiary/aromatic N) is 3. The highest BCUT2D eigenvalue weighted by molar-refractivity contribution is 6.23. The van der Waals surface area contributed by atoms with Crippen molar-refractivity contribution in [1.29, 1.82) is 0 Å². The summed E-state index contributed by atoms with van der Waals surface area (Å²) in [5.74, 6) is -2.95. The van der Waals surface area contributed by atoms with E-state index in [9.17, 15) is 24.0 Å². The summed E-state index contributed by atoms with van der Waals surface area (Å²) < 4.78 is 5.09. The van der Waals surface area contributed by atoms with Gasteiger partial charge in [-0.3, -0.25) is 33.8 Å². The molecule has 1 unspecified atom stereocenters. The molecule has 9 heteroatoms. The van der Waals surface area contributed by atoms with Crippen molar-refractivity contribution in [2.75, 3.05) is 20.8 Å². The van der Waals surface area contributed by atoms with Crippen LogP contribution in [-0.2, 0) is 19.1 Å². The number of amides is 4. The smallest absolute Gasteiger partial charge is 0.324 e. The molecule has 0 bridgehead atoms. The molecule has 2 aliphatic heterocycles. The number of imide groups is 2. The van der Waals surface area contributed by atoms with Crippen molar-refractivity contribution in [2.45, 2.75) is 31.8 Å². The Morgan fingerprint density at radius 3 is 2.25 bits per heavy atom. The Morgan fingerprint density at radius 2 is 1.71 bits per heavy atom. The zero-order valence-corrected chi connectivity index (χ0v) is 15.9. The van der Waals surface area contributed by atoms with Gasteiger partial charge in [-0.05, 0) is 39.6 Å². The number of likely N-dealkylation sites (tertiary alicyclic amines) is 1. The molecule has 2 heterocycles. The largest absolute Gasteiger partial charge is 0.443 e. The summed E-state index contributed by atoms with van der Waals surface area (Å²) in [5.41, 5.74) is 0.463. The highest BCUT2D eigenvalue weighted by Gasteiger charge is 2.47. The van der Waals surface area contributed by atoms with Crippen molar-refractivity contribution >= 4 is 29.6 Å². The van der Waals surface area contributed by atoms with E-state index in [1.54, 1.807) is 38.1 Å². The average molecular weight is 387 g/mol. The Labute approximate surface area is 161 Å². The molecule has 0 radical (unpaired) electrons. The lowest BCUT2D eigenvalue weighted by Gasteiger charge is -2.34. The first-order valence-corrected chi connectivity index (χ1v) is 8.88. The summed E-state index contributed by atoms with van der Waals surface area (Å²) in [6.45, 7) is 1.08. The molecule has 4 amide bonds. The second-order valence-corrected chi connectivity index (χ2v) is 6.97. The van der Waals surface area contributed by atoms with Gasteiger partial charge in [-0.25, -0.2) is 4.90 Å². The zero-order chi connectivity index (χ0) is 20.6. The molecule has 9 nitrogen and oxygen atoms in total. The average Bonchev–Trinajstić information content (AvgIpc) is 2.92. The van der Waals surface area contributed by atoms with Crippen LogP contribution in [0, 0.1) is 0 Å². The van der Waals surface area contributed by atoms with Crippen molar-refractivity contribution in [3.05, 3.63) is 35.4 Å². The molecule has 1 aromatic carbocycles. The van der Waals surface area contributed by atoms with E-state index in [4.69, 9.17) is 4.74 Å². The van der Waals surface area contributed by atoms with Crippen LogP contribution in [0.4, 0.5) is 0 Å². The van der Waals surface area contributed by atoms with Crippen LogP contribution in [0.2, 0.25) is 0 Å². The van der Waals surface area contributed by atoms with E-state index in [1.807, 2.05) is 0 Å². The number of ether oxygens (including phenoxy) is 1. The number of fused-ring (bicyclic) bond motifs is 1. The number of rotatable bonds is 5. The Morgan fingerprint density at radius 1 is 1.14 bits per heavy atom. The van der Waals surface area contributed by atoms with Gasteiger partial charge in [0.2, 0.25) is 5.91 Å². The summed E-state index contributed by atoms with van der Waals surface area (Å²) in [4.78, 5) is 65.6. The lowest BCUT2D eigenvalue weighted by Crippen LogP contribution is -2.56. The predicted octanol–water partition coefficient (Wildman–Crippen LogP) is 0.251. The SMILES string of the molecule is CC(C(=O)OCN1C(=O)CC[C@H](N2C(=O)c3ccccc3C2=O)C1=O)N(C)C. The molecule has 0 spiro atoms. The van der Waals surface area contributed by atoms with E-state index in [-0.39, 0.29) is 24.0 Å². The second kappa shape index (κ2) is 7.51. The maximum atomic E-state index is 12.8. The van der Waals surface area contributed by atoms with Crippen LogP contribution in [0.3, 0.4) is 0 Å². The van der Waals surface area contributed by atoms with Gasteiger partial charge in [0.25, 0.3) is 17.7 Å². The van der Waals surface area contributed by atoms with Gasteiger partial charge in [-0.2, -0.15) is 0 Å². The molecule has 0 aliphatic carbocycles. The first-order valence-electron chi connectivity index (χ1n) is 8.88. The van der Waals surface area contributed by atoms with E-state index in [0.717, 1.165) is 9.80 Å². The lowest BCUT2D eigenvalue weighted by molar-refractivity contribution is -0.165. The number of benzene rings is 1. The van der Waals surface area contributed by atoms with Crippen LogP contribution in [0.15, 0.2) is 24.3 Å². The van der Waals surface area contributed by atoms with Crippen LogP contribution in [0.5, 0.6) is 0 Å². The van der Waals surface area contributed by atoms with Crippen molar-refractivity contribution in [3.63, 3.8) is 0 Å². The van der Waals surface area contributed by atoms with Crippen LogP contribution in [0.1, 0.15) is 40.5 Å². The molecule has 0 aromatic heterocycles. The van der Waals surface area contributed by atoms with E-state index < -0.39 is 48.4 Å². The predicted molar refractivity (Wildman–Crippen MR) is 95.9 cm³/mol. The van der Waals surface area contributed by atoms with E-state index in [1.165, 1.54) is 12.1 Å². The molecular weight excluding hydrogens is 366 g/mol. The quantitative estimate of drug-likeness (QED) is 0.527. The van der Waals surface area contributed by atoms with Crippen molar-refractivity contribution in [3.8, 4) is 0 Å². The maximum Gasteiger partial charge on any atom is 0.324 e. The fourth-order valence-corrected chi connectivity index (χ4v) is 3.15. The number of carbonyl (C=O) groups excluding carboxylic acids is 5. The first-order chi connectivity index (χ1) is 13.2. The van der Waals surface area contributed by atoms with E-state index in [0.29, 0.717) is 0 Å². The molecule has 3 rings (SSSR count). The van der Waals surface area contributed by atoms with Gasteiger partial charge in [-0.1, -0.05) is 12.1 Å². The molecule has 1 aromatic rings. The van der Waals surface area contributed by atoms with Gasteiger partial charge in [0.15, 0.2) is 6.73 Å². The third kappa shape index (κ3) is 3.29.